The van der Waals surface area contributed by atoms with E-state index < -0.39 is 35.7 Å². The summed E-state index contributed by atoms with van der Waals surface area (Å²) in [5.41, 5.74) is 4.93. The second-order valence-electron chi connectivity index (χ2n) is 18.8. The highest BCUT2D eigenvalue weighted by molar-refractivity contribution is 9.11. The van der Waals surface area contributed by atoms with Crippen LogP contribution >= 0.6 is 198 Å². The normalized spacial score (nSPS) is 12.4. The third-order valence-electron chi connectivity index (χ3n) is 12.9. The molecule has 0 aliphatic heterocycles. The average Bonchev–Trinajstić information content (AvgIpc) is 3.46. The van der Waals surface area contributed by atoms with Crippen LogP contribution < -0.4 is 0 Å². The molecule has 8 heterocycles. The third-order valence-corrected chi connectivity index (χ3v) is 26.2. The number of alkyl halides is 6. The molecule has 25 heteroatoms. The van der Waals surface area contributed by atoms with Gasteiger partial charge in [-0.15, -0.1) is 126 Å². The first-order chi connectivity index (χ1) is 40.5. The monoisotopic (exact) mass is 1640 g/mol. The first-order valence-corrected chi connectivity index (χ1v) is 42.0. The smallest absolute Gasteiger partial charge is 0.382 e. The molecule has 0 bridgehead atoms. The molecule has 0 amide bonds. The van der Waals surface area contributed by atoms with Crippen molar-refractivity contribution in [2.45, 2.75) is 51.2 Å². The highest BCUT2D eigenvalue weighted by Crippen LogP contribution is 2.49. The van der Waals surface area contributed by atoms with Crippen molar-refractivity contribution in [3.63, 3.8) is 0 Å². The number of hydrogen-bond acceptors (Lipinski definition) is 10. The van der Waals surface area contributed by atoms with Gasteiger partial charge in [0, 0.05) is 98.3 Å². The van der Waals surface area contributed by atoms with E-state index in [1.165, 1.54) is 96.6 Å². The molecule has 0 saturated carbocycles. The minimum atomic E-state index is -4.39. The number of aliphatic hydroxyl groups is 2. The van der Waals surface area contributed by atoms with E-state index in [2.05, 4.69) is 180 Å². The summed E-state index contributed by atoms with van der Waals surface area (Å²) >= 11 is 27.5. The van der Waals surface area contributed by atoms with Gasteiger partial charge in [0.25, 0.3) is 0 Å². The van der Waals surface area contributed by atoms with E-state index in [-0.39, 0.29) is 0 Å². The number of benzene rings is 4. The van der Waals surface area contributed by atoms with Gasteiger partial charge >= 0.3 is 12.4 Å². The molecule has 12 aromatic rings. The number of rotatable bonds is 12. The van der Waals surface area contributed by atoms with E-state index in [1.54, 1.807) is 34.8 Å². The summed E-state index contributed by atoms with van der Waals surface area (Å²) < 4.78 is 85.8. The number of aliphatic hydroxyl groups excluding tert-OH is 2. The fraction of sp³-hybridized carbons (Fsp3) is 0.133. The van der Waals surface area contributed by atoms with Crippen molar-refractivity contribution in [3.05, 3.63) is 225 Å². The van der Waals surface area contributed by atoms with Crippen LogP contribution in [0.1, 0.15) is 73.5 Å². The van der Waals surface area contributed by atoms with Gasteiger partial charge in [-0.25, -0.2) is 0 Å². The maximum atomic E-state index is 12.9. The lowest BCUT2D eigenvalue weighted by atomic mass is 10.1. The van der Waals surface area contributed by atoms with Crippen LogP contribution in [0.4, 0.5) is 26.3 Å². The number of halogens is 10. The molecule has 6 unspecified atom stereocenters. The van der Waals surface area contributed by atoms with Gasteiger partial charge in [-0.05, 0) is 173 Å². The van der Waals surface area contributed by atoms with Crippen LogP contribution in [0.2, 0.25) is 0 Å². The van der Waals surface area contributed by atoms with E-state index in [0.29, 0.717) is 14.9 Å². The Morgan fingerprint density at radius 1 is 0.412 bits per heavy atom. The summed E-state index contributed by atoms with van der Waals surface area (Å²) in [6, 6.07) is 43.9. The highest BCUT2D eigenvalue weighted by Gasteiger charge is 2.32. The minimum absolute atomic E-state index is 0.627. The van der Waals surface area contributed by atoms with Crippen LogP contribution in [0, 0.1) is 13.8 Å². The predicted molar refractivity (Wildman–Crippen MR) is 390 cm³/mol. The molecule has 2 nitrogen and oxygen atoms in total. The first kappa shape index (κ1) is 67.9. The molecule has 2 N–H and O–H groups in total. The van der Waals surface area contributed by atoms with Gasteiger partial charge in [-0.3, -0.25) is 0 Å². The lowest BCUT2D eigenvalue weighted by Gasteiger charge is -2.08. The van der Waals surface area contributed by atoms with Gasteiger partial charge in [-0.2, -0.15) is 26.3 Å². The van der Waals surface area contributed by atoms with Crippen molar-refractivity contribution in [3.8, 4) is 41.8 Å². The molecule has 6 atom stereocenters. The Labute approximate surface area is 564 Å². The average molecular weight is 1650 g/mol. The summed E-state index contributed by atoms with van der Waals surface area (Å²) in [4.78, 5) is 12.3. The van der Waals surface area contributed by atoms with Crippen LogP contribution in [0.3, 0.4) is 0 Å². The van der Waals surface area contributed by atoms with Gasteiger partial charge in [0.2, 0.25) is 0 Å². The van der Waals surface area contributed by atoms with Crippen molar-refractivity contribution in [1.82, 2.24) is 0 Å². The lowest BCUT2D eigenvalue weighted by molar-refractivity contribution is -0.138. The van der Waals surface area contributed by atoms with E-state index in [4.69, 9.17) is 0 Å². The van der Waals surface area contributed by atoms with Crippen LogP contribution in [0.5, 0.6) is 0 Å². The molecule has 0 saturated heterocycles. The Hall–Kier alpha value is -1.43. The van der Waals surface area contributed by atoms with Crippen LogP contribution in [-0.2, 0) is 25.2 Å². The second kappa shape index (κ2) is 29.9. The number of hydrogen-bond donors (Lipinski definition) is 2. The van der Waals surface area contributed by atoms with Crippen LogP contribution in [0.25, 0.3) is 60.6 Å². The first-order valence-electron chi connectivity index (χ1n) is 25.1. The van der Waals surface area contributed by atoms with Gasteiger partial charge in [-0.1, -0.05) is 91.9 Å². The summed E-state index contributed by atoms with van der Waals surface area (Å²) in [6.45, 7) is 4.16. The minimum Gasteiger partial charge on any atom is -0.382 e. The topological polar surface area (TPSA) is 40.5 Å². The van der Waals surface area contributed by atoms with E-state index in [1.807, 2.05) is 64.3 Å². The Kier molecular flexibility index (Phi) is 23.9. The third kappa shape index (κ3) is 16.8. The molecule has 0 fully saturated rings. The molecule has 0 radical (unpaired) electrons. The quantitative estimate of drug-likeness (QED) is 0.0945. The van der Waals surface area contributed by atoms with E-state index in [0.717, 1.165) is 108 Å². The van der Waals surface area contributed by atoms with Gasteiger partial charge in [0.15, 0.2) is 0 Å². The van der Waals surface area contributed by atoms with Crippen molar-refractivity contribution >= 4 is 217 Å². The molecule has 0 aliphatic carbocycles. The Morgan fingerprint density at radius 3 is 1.01 bits per heavy atom. The van der Waals surface area contributed by atoms with Gasteiger partial charge in [0.1, 0.15) is 12.2 Å². The van der Waals surface area contributed by atoms with Crippen molar-refractivity contribution in [2.75, 3.05) is 0 Å². The molecule has 0 spiro atoms. The fourth-order valence-electron chi connectivity index (χ4n) is 8.67. The summed E-state index contributed by atoms with van der Waals surface area (Å²) in [5.74, 6) is 0. The van der Waals surface area contributed by atoms with E-state index >= 15 is 0 Å². The molecule has 442 valence electrons. The maximum absolute atomic E-state index is 12.9. The molecule has 12 rings (SSSR count). The zero-order chi connectivity index (χ0) is 61.1. The zero-order valence-electron chi connectivity index (χ0n) is 44.2. The highest BCUT2D eigenvalue weighted by atomic mass is 79.9. The zero-order valence-corrected chi connectivity index (χ0v) is 62.7. The predicted octanol–water partition coefficient (Wildman–Crippen LogP) is 25.8. The maximum Gasteiger partial charge on any atom is 0.416 e. The van der Waals surface area contributed by atoms with Gasteiger partial charge in [0.05, 0.1) is 20.9 Å². The van der Waals surface area contributed by atoms with Crippen molar-refractivity contribution in [2.24, 2.45) is 0 Å². The molecular weight excluding hydrogens is 1600 g/mol. The summed E-state index contributed by atoms with van der Waals surface area (Å²) in [5, 5.41) is 22.5. The molecular formula is C60H47Br4F6O2P5S8. The number of aryl methyl sites for hydroxylation is 2. The largest absolute Gasteiger partial charge is 0.416 e. The molecule has 8 aromatic heterocycles. The Balaban J connectivity index is 0.000000190. The Bertz CT molecular complexity index is 4140. The lowest BCUT2D eigenvalue weighted by Crippen LogP contribution is -2.03. The van der Waals surface area contributed by atoms with E-state index in [9.17, 15) is 36.6 Å². The number of fused-ring (bicyclic) bond motifs is 2. The summed E-state index contributed by atoms with van der Waals surface area (Å²) in [7, 11) is 10.7. The van der Waals surface area contributed by atoms with Crippen molar-refractivity contribution in [1.29, 1.82) is 0 Å². The van der Waals surface area contributed by atoms with Crippen molar-refractivity contribution < 1.29 is 36.6 Å². The Morgan fingerprint density at radius 2 is 0.694 bits per heavy atom. The molecule has 0 aliphatic rings. The summed E-state index contributed by atoms with van der Waals surface area (Å²) in [6.07, 6.45) is -8.67. The standard InChI is InChI=1S/C30H19Br2F3O2S4.C30H19Br2F3S4.H5P3.H4P2/c1-14-2-4-15(5-3-14)20-10-18(31)28(40-20)26(36)24-12-22-23(38-24)13-25(39-22)27(37)29-19(32)11-21(41-29)16-6-8-17(9-7-16)30(33,34)35;1-16-2-4-17(5-3-16)24-14-22(31)26(38-24)10-20-12-28-29(36-20)13-21(37-28)11-27-23(32)15-25(39-27)18-6-8-19(9-7-18)30(33,34)35;1-3-2;1-2/h2-13,26-27,36-37H,1H3;2-9,12-15H,10-11H2,1H3;3H,1-2H2;1-2H2. The SMILES string of the molecule is Cc1ccc(-c2cc(Br)c(C(O)c3cc4sc(C(O)c5sc(-c6ccc(C(F)(F)F)cc6)cc5Br)cc4s3)s2)cc1.Cc1ccc(-c2cc(Br)c(Cc3cc4sc(Cc5sc(-c6ccc(C(F)(F)F)cc6)cc5Br)cc4s3)s2)cc1.PP.PPP. The molecule has 4 aromatic carbocycles. The molecule has 85 heavy (non-hydrogen) atoms. The van der Waals surface area contributed by atoms with Crippen LogP contribution in [-0.4, -0.2) is 10.2 Å². The van der Waals surface area contributed by atoms with Gasteiger partial charge < -0.3 is 10.2 Å². The number of thiophene rings is 8. The fourth-order valence-corrected chi connectivity index (χ4v) is 21.4. The second-order valence-corrected chi connectivity index (χ2v) is 35.6. The van der Waals surface area contributed by atoms with Crippen LogP contribution in [0.15, 0.2) is 163 Å².